The van der Waals surface area contributed by atoms with E-state index < -0.39 is 0 Å². The summed E-state index contributed by atoms with van der Waals surface area (Å²) in [5.41, 5.74) is 2.02. The molecule has 1 aromatic carbocycles. The van der Waals surface area contributed by atoms with E-state index >= 15 is 0 Å². The molecule has 0 saturated heterocycles. The fourth-order valence-electron chi connectivity index (χ4n) is 2.85. The zero-order valence-corrected chi connectivity index (χ0v) is 12.6. The fourth-order valence-corrected chi connectivity index (χ4v) is 2.85. The van der Waals surface area contributed by atoms with Crippen LogP contribution in [0, 0.1) is 6.92 Å². The molecule has 1 aliphatic rings. The van der Waals surface area contributed by atoms with Crippen molar-refractivity contribution in [3.63, 3.8) is 0 Å². The summed E-state index contributed by atoms with van der Waals surface area (Å²) in [6.45, 7) is 2.03. The highest BCUT2D eigenvalue weighted by Crippen LogP contribution is 2.23. The van der Waals surface area contributed by atoms with Crippen molar-refractivity contribution in [2.75, 3.05) is 19.4 Å². The summed E-state index contributed by atoms with van der Waals surface area (Å²) in [4.78, 5) is 14.1. The van der Waals surface area contributed by atoms with Gasteiger partial charge in [0.05, 0.1) is 0 Å². The predicted molar refractivity (Wildman–Crippen MR) is 83.1 cm³/mol. The summed E-state index contributed by atoms with van der Waals surface area (Å²) in [7, 11) is 3.91. The largest absolute Gasteiger partial charge is 0.325 e. The molecule has 1 aromatic rings. The van der Waals surface area contributed by atoms with Crippen LogP contribution in [0.3, 0.4) is 0 Å². The number of rotatable bonds is 3. The van der Waals surface area contributed by atoms with Crippen LogP contribution >= 0.6 is 0 Å². The maximum atomic E-state index is 12.3. The number of hydrogen-bond donors (Lipinski definition) is 2. The molecule has 0 bridgehead atoms. The lowest BCUT2D eigenvalue weighted by Crippen LogP contribution is -2.44. The number of carbonyl (C=O) groups excluding carboxylic acids is 1. The number of urea groups is 1. The number of aryl methyl sites for hydroxylation is 1. The number of nitrogens with one attached hydrogen (secondary N) is 2. The highest BCUT2D eigenvalue weighted by Gasteiger charge is 2.25. The minimum absolute atomic E-state index is 0.0106. The van der Waals surface area contributed by atoms with Crippen molar-refractivity contribution in [1.29, 1.82) is 0 Å². The molecule has 2 N–H and O–H groups in total. The third-order valence-corrected chi connectivity index (χ3v) is 4.24. The van der Waals surface area contributed by atoms with E-state index in [4.69, 9.17) is 0 Å². The van der Waals surface area contributed by atoms with Crippen LogP contribution in [0.2, 0.25) is 0 Å². The van der Waals surface area contributed by atoms with Gasteiger partial charge in [-0.25, -0.2) is 4.79 Å². The van der Waals surface area contributed by atoms with E-state index in [1.165, 1.54) is 0 Å². The van der Waals surface area contributed by atoms with E-state index in [9.17, 15) is 4.79 Å². The lowest BCUT2D eigenvalue weighted by molar-refractivity contribution is 0.178. The van der Waals surface area contributed by atoms with Crippen molar-refractivity contribution in [3.05, 3.63) is 29.8 Å². The summed E-state index contributed by atoms with van der Waals surface area (Å²) in [6.07, 6.45) is 4.43. The van der Waals surface area contributed by atoms with Crippen LogP contribution in [0.5, 0.6) is 0 Å². The number of benzene rings is 1. The first-order valence-electron chi connectivity index (χ1n) is 7.38. The van der Waals surface area contributed by atoms with Crippen molar-refractivity contribution in [3.8, 4) is 0 Å². The van der Waals surface area contributed by atoms with Gasteiger partial charge in [0.25, 0.3) is 0 Å². The maximum absolute atomic E-state index is 12.3. The van der Waals surface area contributed by atoms with E-state index in [-0.39, 0.29) is 6.03 Å². The average molecular weight is 275 g/mol. The molecule has 0 aromatic heterocycles. The van der Waals surface area contributed by atoms with Gasteiger partial charge in [-0.05, 0) is 57.4 Å². The highest BCUT2D eigenvalue weighted by molar-refractivity contribution is 5.89. The summed E-state index contributed by atoms with van der Waals surface area (Å²) >= 11 is 0. The molecule has 2 amide bonds. The Morgan fingerprint density at radius 2 is 1.95 bits per heavy atom. The molecule has 0 radical (unpaired) electrons. The van der Waals surface area contributed by atoms with Gasteiger partial charge in [0.15, 0.2) is 0 Å². The minimum atomic E-state index is -0.0106. The van der Waals surface area contributed by atoms with Gasteiger partial charge in [-0.2, -0.15) is 0 Å². The summed E-state index contributed by atoms with van der Waals surface area (Å²) in [5, 5.41) is 6.30. The molecule has 0 atom stereocenters. The monoisotopic (exact) mass is 275 g/mol. The molecular formula is C16H25N3O. The Balaban J connectivity index is 1.89. The molecule has 0 spiro atoms. The molecule has 110 valence electrons. The zero-order chi connectivity index (χ0) is 14.5. The number of nitrogens with zero attached hydrogens (tertiary/aromatic N) is 1. The van der Waals surface area contributed by atoms with Crippen LogP contribution in [-0.2, 0) is 0 Å². The van der Waals surface area contributed by atoms with Crippen LogP contribution in [-0.4, -0.2) is 37.1 Å². The summed E-state index contributed by atoms with van der Waals surface area (Å²) < 4.78 is 0. The van der Waals surface area contributed by atoms with Gasteiger partial charge >= 0.3 is 6.03 Å². The molecule has 1 saturated carbocycles. The van der Waals surface area contributed by atoms with Gasteiger partial charge in [0, 0.05) is 24.8 Å². The maximum Gasteiger partial charge on any atom is 0.321 e. The molecular weight excluding hydrogens is 250 g/mol. The first kappa shape index (κ1) is 14.9. The average Bonchev–Trinajstić information content (AvgIpc) is 2.46. The summed E-state index contributed by atoms with van der Waals surface area (Å²) in [5.74, 6) is 0. The van der Waals surface area contributed by atoms with Crippen LogP contribution in [0.1, 0.15) is 31.2 Å². The molecule has 2 rings (SSSR count). The second-order valence-electron chi connectivity index (χ2n) is 5.70. The van der Waals surface area contributed by atoms with Crippen molar-refractivity contribution in [2.45, 2.75) is 44.7 Å². The lowest BCUT2D eigenvalue weighted by Gasteiger charge is -2.34. The second kappa shape index (κ2) is 6.75. The number of carbonyl (C=O) groups is 1. The normalized spacial score (nSPS) is 22.4. The Kier molecular flexibility index (Phi) is 5.01. The molecule has 4 heteroatoms. The van der Waals surface area contributed by atoms with E-state index in [2.05, 4.69) is 10.6 Å². The van der Waals surface area contributed by atoms with Gasteiger partial charge in [0.1, 0.15) is 0 Å². The van der Waals surface area contributed by atoms with Crippen molar-refractivity contribution >= 4 is 11.7 Å². The number of amides is 2. The standard InChI is InChI=1S/C16H25N3O/c1-12-5-4-6-14(11-12)18-16(20)19(3)15-9-7-13(17-2)8-10-15/h4-6,11,13,15,17H,7-10H2,1-3H3,(H,18,20). The Morgan fingerprint density at radius 1 is 1.25 bits per heavy atom. The number of hydrogen-bond acceptors (Lipinski definition) is 2. The molecule has 1 aliphatic carbocycles. The first-order valence-corrected chi connectivity index (χ1v) is 7.38. The third-order valence-electron chi connectivity index (χ3n) is 4.24. The first-order chi connectivity index (χ1) is 9.60. The summed E-state index contributed by atoms with van der Waals surface area (Å²) in [6, 6.07) is 8.86. The van der Waals surface area contributed by atoms with E-state index in [0.717, 1.165) is 36.9 Å². The van der Waals surface area contributed by atoms with E-state index in [0.29, 0.717) is 12.1 Å². The Bertz CT molecular complexity index is 453. The number of anilines is 1. The Morgan fingerprint density at radius 3 is 2.55 bits per heavy atom. The second-order valence-corrected chi connectivity index (χ2v) is 5.70. The van der Waals surface area contributed by atoms with Crippen molar-refractivity contribution in [1.82, 2.24) is 10.2 Å². The fraction of sp³-hybridized carbons (Fsp3) is 0.562. The third kappa shape index (κ3) is 3.73. The highest BCUT2D eigenvalue weighted by atomic mass is 16.2. The van der Waals surface area contributed by atoms with E-state index in [1.807, 2.05) is 50.2 Å². The molecule has 20 heavy (non-hydrogen) atoms. The topological polar surface area (TPSA) is 44.4 Å². The Labute approximate surface area is 121 Å². The van der Waals surface area contributed by atoms with Crippen LogP contribution < -0.4 is 10.6 Å². The van der Waals surface area contributed by atoms with Crippen molar-refractivity contribution < 1.29 is 4.79 Å². The molecule has 0 heterocycles. The molecule has 0 aliphatic heterocycles. The van der Waals surface area contributed by atoms with Gasteiger partial charge in [0.2, 0.25) is 0 Å². The van der Waals surface area contributed by atoms with E-state index in [1.54, 1.807) is 0 Å². The smallest absolute Gasteiger partial charge is 0.321 e. The lowest BCUT2D eigenvalue weighted by atomic mass is 9.90. The van der Waals surface area contributed by atoms with Gasteiger partial charge in [-0.1, -0.05) is 12.1 Å². The quantitative estimate of drug-likeness (QED) is 0.890. The van der Waals surface area contributed by atoms with Crippen molar-refractivity contribution in [2.24, 2.45) is 0 Å². The SMILES string of the molecule is CNC1CCC(N(C)C(=O)Nc2cccc(C)c2)CC1. The van der Waals surface area contributed by atoms with Crippen LogP contribution in [0.25, 0.3) is 0 Å². The zero-order valence-electron chi connectivity index (χ0n) is 12.6. The van der Waals surface area contributed by atoms with Crippen LogP contribution in [0.15, 0.2) is 24.3 Å². The Hall–Kier alpha value is -1.55. The molecule has 0 unspecified atom stereocenters. The molecule has 4 nitrogen and oxygen atoms in total. The van der Waals surface area contributed by atoms with Gasteiger partial charge < -0.3 is 15.5 Å². The van der Waals surface area contributed by atoms with Crippen LogP contribution in [0.4, 0.5) is 10.5 Å². The predicted octanol–water partition coefficient (Wildman–Crippen LogP) is 2.99. The van der Waals surface area contributed by atoms with Gasteiger partial charge in [-0.3, -0.25) is 0 Å². The van der Waals surface area contributed by atoms with Gasteiger partial charge in [-0.15, -0.1) is 0 Å². The minimum Gasteiger partial charge on any atom is -0.325 e. The molecule has 1 fully saturated rings.